The Kier molecular flexibility index (Phi) is 4.51. The monoisotopic (exact) mass is 299 g/mol. The molecule has 0 fully saturated rings. The summed E-state index contributed by atoms with van der Waals surface area (Å²) < 4.78 is 5.29. The molecule has 0 radical (unpaired) electrons. The van der Waals surface area contributed by atoms with E-state index in [9.17, 15) is 0 Å². The average Bonchev–Trinajstić information content (AvgIpc) is 2.95. The van der Waals surface area contributed by atoms with E-state index in [4.69, 9.17) is 4.74 Å². The second kappa shape index (κ2) is 6.54. The molecule has 0 saturated carbocycles. The van der Waals surface area contributed by atoms with Gasteiger partial charge in [0.15, 0.2) is 0 Å². The van der Waals surface area contributed by atoms with Gasteiger partial charge in [-0.15, -0.1) is 11.8 Å². The average molecular weight is 299 g/mol. The minimum atomic E-state index is 0.337. The van der Waals surface area contributed by atoms with Crippen LogP contribution in [0.2, 0.25) is 0 Å². The summed E-state index contributed by atoms with van der Waals surface area (Å²) in [6.07, 6.45) is 1.17. The van der Waals surface area contributed by atoms with Gasteiger partial charge in [-0.3, -0.25) is 0 Å². The van der Waals surface area contributed by atoms with Gasteiger partial charge in [0.1, 0.15) is 5.75 Å². The van der Waals surface area contributed by atoms with Crippen molar-refractivity contribution >= 4 is 11.8 Å². The van der Waals surface area contributed by atoms with Crippen LogP contribution < -0.4 is 10.1 Å². The highest BCUT2D eigenvalue weighted by Crippen LogP contribution is 2.36. The molecule has 0 aliphatic carbocycles. The molecular formula is C18H21NOS. The molecule has 1 aliphatic rings. The fourth-order valence-electron chi connectivity index (χ4n) is 2.70. The van der Waals surface area contributed by atoms with Crippen LogP contribution in [0, 0.1) is 0 Å². The molecule has 2 nitrogen and oxygen atoms in total. The van der Waals surface area contributed by atoms with E-state index < -0.39 is 0 Å². The van der Waals surface area contributed by atoms with E-state index in [0.717, 1.165) is 12.3 Å². The van der Waals surface area contributed by atoms with Crippen LogP contribution >= 0.6 is 11.8 Å². The summed E-state index contributed by atoms with van der Waals surface area (Å²) in [5.41, 5.74) is 2.76. The lowest BCUT2D eigenvalue weighted by molar-refractivity contribution is 0.413. The number of benzene rings is 2. The quantitative estimate of drug-likeness (QED) is 0.899. The fraction of sp³-hybridized carbons (Fsp3) is 0.333. The maximum Gasteiger partial charge on any atom is 0.119 e. The first-order valence-corrected chi connectivity index (χ1v) is 8.26. The molecule has 1 unspecified atom stereocenters. The number of hydrogen-bond donors (Lipinski definition) is 1. The van der Waals surface area contributed by atoms with Crippen molar-refractivity contribution in [3.8, 4) is 5.75 Å². The third-order valence-electron chi connectivity index (χ3n) is 3.96. The highest BCUT2D eigenvalue weighted by molar-refractivity contribution is 8.00. The van der Waals surface area contributed by atoms with E-state index >= 15 is 0 Å². The van der Waals surface area contributed by atoms with Gasteiger partial charge >= 0.3 is 0 Å². The zero-order valence-electron chi connectivity index (χ0n) is 12.5. The molecule has 1 aliphatic heterocycles. The molecule has 3 rings (SSSR count). The smallest absolute Gasteiger partial charge is 0.119 e. The van der Waals surface area contributed by atoms with Gasteiger partial charge in [0.2, 0.25) is 0 Å². The Morgan fingerprint density at radius 2 is 2.10 bits per heavy atom. The minimum absolute atomic E-state index is 0.337. The number of thioether (sulfide) groups is 1. The summed E-state index contributed by atoms with van der Waals surface area (Å²) in [7, 11) is 1.71. The summed E-state index contributed by atoms with van der Waals surface area (Å²) in [6, 6.07) is 17.4. The Bertz CT molecular complexity index is 589. The molecule has 2 aromatic rings. The number of fused-ring (bicyclic) bond motifs is 1. The summed E-state index contributed by atoms with van der Waals surface area (Å²) >= 11 is 1.99. The Morgan fingerprint density at radius 1 is 1.24 bits per heavy atom. The van der Waals surface area contributed by atoms with Crippen molar-refractivity contribution in [2.24, 2.45) is 0 Å². The highest BCUT2D eigenvalue weighted by atomic mass is 32.2. The zero-order valence-corrected chi connectivity index (χ0v) is 13.3. The van der Waals surface area contributed by atoms with Crippen LogP contribution in [0.1, 0.15) is 24.1 Å². The maximum atomic E-state index is 5.29. The zero-order chi connectivity index (χ0) is 14.7. The van der Waals surface area contributed by atoms with Gasteiger partial charge in [0.05, 0.1) is 7.11 Å². The maximum absolute atomic E-state index is 5.29. The minimum Gasteiger partial charge on any atom is -0.497 e. The lowest BCUT2D eigenvalue weighted by Crippen LogP contribution is -2.27. The van der Waals surface area contributed by atoms with Gasteiger partial charge in [-0.2, -0.15) is 0 Å². The van der Waals surface area contributed by atoms with Crippen molar-refractivity contribution in [2.75, 3.05) is 13.7 Å². The van der Waals surface area contributed by atoms with Crippen molar-refractivity contribution in [1.29, 1.82) is 0 Å². The second-order valence-corrected chi connectivity index (χ2v) is 6.80. The molecule has 0 saturated heterocycles. The predicted octanol–water partition coefficient (Wildman–Crippen LogP) is 4.06. The summed E-state index contributed by atoms with van der Waals surface area (Å²) in [5, 5.41) is 4.29. The van der Waals surface area contributed by atoms with E-state index in [1.165, 1.54) is 22.4 Å². The van der Waals surface area contributed by atoms with Crippen LogP contribution in [-0.4, -0.2) is 18.9 Å². The van der Waals surface area contributed by atoms with E-state index in [2.05, 4.69) is 48.6 Å². The fourth-order valence-corrected chi connectivity index (χ4v) is 3.97. The van der Waals surface area contributed by atoms with Gasteiger partial charge in [0.25, 0.3) is 0 Å². The van der Waals surface area contributed by atoms with Crippen LogP contribution in [0.15, 0.2) is 53.4 Å². The summed E-state index contributed by atoms with van der Waals surface area (Å²) in [4.78, 5) is 1.44. The Labute approximate surface area is 130 Å². The molecule has 3 heteroatoms. The first kappa shape index (κ1) is 14.5. The molecule has 1 N–H and O–H groups in total. The van der Waals surface area contributed by atoms with Gasteiger partial charge in [-0.1, -0.05) is 30.3 Å². The standard InChI is InChI=1S/C18H21NOS/c1-13(14-7-5-8-16(10-14)20-2)19-12-17-11-15-6-3-4-9-18(15)21-17/h3-10,13,17,19H,11-12H2,1-2H3/t13-,17?/m0/s1. The normalized spacial score (nSPS) is 18.3. The molecule has 0 spiro atoms. The first-order valence-electron chi connectivity index (χ1n) is 7.38. The van der Waals surface area contributed by atoms with Crippen molar-refractivity contribution < 1.29 is 4.74 Å². The summed E-state index contributed by atoms with van der Waals surface area (Å²) in [6.45, 7) is 3.24. The summed E-state index contributed by atoms with van der Waals surface area (Å²) in [5.74, 6) is 0.920. The van der Waals surface area contributed by atoms with E-state index in [1.54, 1.807) is 7.11 Å². The molecule has 2 aromatic carbocycles. The number of ether oxygens (including phenoxy) is 1. The van der Waals surface area contributed by atoms with E-state index in [0.29, 0.717) is 11.3 Å². The SMILES string of the molecule is COc1cccc([C@H](C)NCC2Cc3ccccc3S2)c1. The number of nitrogens with one attached hydrogen (secondary N) is 1. The third-order valence-corrected chi connectivity index (χ3v) is 5.28. The van der Waals surface area contributed by atoms with E-state index in [-0.39, 0.29) is 0 Å². The number of methoxy groups -OCH3 is 1. The lowest BCUT2D eigenvalue weighted by atomic mass is 10.1. The predicted molar refractivity (Wildman–Crippen MR) is 89.2 cm³/mol. The number of hydrogen-bond acceptors (Lipinski definition) is 3. The van der Waals surface area contributed by atoms with Gasteiger partial charge in [-0.05, 0) is 42.7 Å². The van der Waals surface area contributed by atoms with Gasteiger partial charge < -0.3 is 10.1 Å². The van der Waals surface area contributed by atoms with Crippen molar-refractivity contribution in [3.63, 3.8) is 0 Å². The van der Waals surface area contributed by atoms with Crippen LogP contribution in [0.4, 0.5) is 0 Å². The second-order valence-electron chi connectivity index (χ2n) is 5.46. The molecule has 110 valence electrons. The molecule has 1 heterocycles. The van der Waals surface area contributed by atoms with Crippen LogP contribution in [0.25, 0.3) is 0 Å². The van der Waals surface area contributed by atoms with Crippen LogP contribution in [0.5, 0.6) is 5.75 Å². The Balaban J connectivity index is 1.56. The molecule has 21 heavy (non-hydrogen) atoms. The van der Waals surface area contributed by atoms with Crippen LogP contribution in [-0.2, 0) is 6.42 Å². The largest absolute Gasteiger partial charge is 0.497 e. The molecule has 2 atom stereocenters. The van der Waals surface area contributed by atoms with E-state index in [1.807, 2.05) is 23.9 Å². The molecule has 0 aromatic heterocycles. The van der Waals surface area contributed by atoms with Gasteiger partial charge in [-0.25, -0.2) is 0 Å². The Hall–Kier alpha value is -1.45. The first-order chi connectivity index (χ1) is 10.3. The Morgan fingerprint density at radius 3 is 2.90 bits per heavy atom. The van der Waals surface area contributed by atoms with Crippen molar-refractivity contribution in [1.82, 2.24) is 5.32 Å². The van der Waals surface area contributed by atoms with Gasteiger partial charge in [0, 0.05) is 22.7 Å². The van der Waals surface area contributed by atoms with Crippen LogP contribution in [0.3, 0.4) is 0 Å². The molecular weight excluding hydrogens is 278 g/mol. The third kappa shape index (κ3) is 3.42. The highest BCUT2D eigenvalue weighted by Gasteiger charge is 2.22. The number of rotatable bonds is 5. The van der Waals surface area contributed by atoms with Crippen molar-refractivity contribution in [2.45, 2.75) is 29.5 Å². The topological polar surface area (TPSA) is 21.3 Å². The lowest BCUT2D eigenvalue weighted by Gasteiger charge is -2.17. The van der Waals surface area contributed by atoms with Crippen molar-refractivity contribution in [3.05, 3.63) is 59.7 Å². The molecule has 0 bridgehead atoms. The molecule has 0 amide bonds.